The van der Waals surface area contributed by atoms with Crippen molar-refractivity contribution in [3.05, 3.63) is 82.9 Å². The van der Waals surface area contributed by atoms with Crippen molar-refractivity contribution in [2.75, 3.05) is 18.2 Å². The summed E-state index contributed by atoms with van der Waals surface area (Å²) in [5, 5.41) is 3.00. The Morgan fingerprint density at radius 3 is 2.40 bits per heavy atom. The first-order chi connectivity index (χ1) is 14.5. The first-order valence-corrected chi connectivity index (χ1v) is 11.1. The third-order valence-corrected chi connectivity index (χ3v) is 5.36. The van der Waals surface area contributed by atoms with Crippen molar-refractivity contribution in [2.45, 2.75) is 32.3 Å². The smallest absolute Gasteiger partial charge is 0.255 e. The van der Waals surface area contributed by atoms with Gasteiger partial charge in [0.15, 0.2) is 0 Å². The number of carbonyl (C=O) groups is 1. The Kier molecular flexibility index (Phi) is 7.41. The predicted molar refractivity (Wildman–Crippen MR) is 124 cm³/mol. The van der Waals surface area contributed by atoms with Crippen LogP contribution in [0, 0.1) is 13.8 Å². The van der Waals surface area contributed by atoms with Crippen molar-refractivity contribution in [2.24, 2.45) is 0 Å². The largest absolute Gasteiger partial charge is 0.493 e. The van der Waals surface area contributed by atoms with E-state index in [1.54, 1.807) is 17.8 Å². The fourth-order valence-corrected chi connectivity index (χ4v) is 3.80. The Bertz CT molecular complexity index is 1010. The minimum Gasteiger partial charge on any atom is -0.493 e. The minimum absolute atomic E-state index is 0.160. The number of hydrogen-bond donors (Lipinski definition) is 1. The van der Waals surface area contributed by atoms with Crippen LogP contribution in [0.4, 0.5) is 5.69 Å². The molecule has 0 aromatic heterocycles. The molecule has 4 nitrogen and oxygen atoms in total. The van der Waals surface area contributed by atoms with Crippen LogP contribution in [0.15, 0.2) is 65.6 Å². The molecule has 0 unspecified atom stereocenters. The van der Waals surface area contributed by atoms with Gasteiger partial charge >= 0.3 is 0 Å². The van der Waals surface area contributed by atoms with Gasteiger partial charge in [0, 0.05) is 16.0 Å². The van der Waals surface area contributed by atoms with E-state index in [2.05, 4.69) is 11.4 Å². The molecule has 3 aromatic carbocycles. The average molecular weight is 422 g/mol. The van der Waals surface area contributed by atoms with E-state index in [0.717, 1.165) is 38.8 Å². The highest BCUT2D eigenvalue weighted by atomic mass is 32.2. The number of thioether (sulfide) groups is 1. The summed E-state index contributed by atoms with van der Waals surface area (Å²) in [5.74, 6) is 1.37. The van der Waals surface area contributed by atoms with Crippen LogP contribution in [0.2, 0.25) is 0 Å². The third kappa shape index (κ3) is 5.57. The van der Waals surface area contributed by atoms with Crippen LogP contribution >= 0.6 is 11.8 Å². The quantitative estimate of drug-likeness (QED) is 0.436. The summed E-state index contributed by atoms with van der Waals surface area (Å²) >= 11 is 1.60. The summed E-state index contributed by atoms with van der Waals surface area (Å²) in [6.45, 7) is 6.89. The lowest BCUT2D eigenvalue weighted by Crippen LogP contribution is -2.13. The van der Waals surface area contributed by atoms with Gasteiger partial charge in [-0.2, -0.15) is 0 Å². The Morgan fingerprint density at radius 1 is 0.967 bits per heavy atom. The highest BCUT2D eigenvalue weighted by Gasteiger charge is 2.13. The number of hydrogen-bond acceptors (Lipinski definition) is 4. The van der Waals surface area contributed by atoms with Crippen molar-refractivity contribution >= 4 is 23.4 Å². The fraction of sp³-hybridized carbons (Fsp3) is 0.240. The molecule has 156 valence electrons. The number of amides is 1. The summed E-state index contributed by atoms with van der Waals surface area (Å²) < 4.78 is 11.8. The molecule has 0 saturated carbocycles. The molecule has 5 heteroatoms. The van der Waals surface area contributed by atoms with Crippen molar-refractivity contribution in [1.82, 2.24) is 0 Å². The normalized spacial score (nSPS) is 10.5. The molecule has 0 aliphatic carbocycles. The highest BCUT2D eigenvalue weighted by molar-refractivity contribution is 7.98. The van der Waals surface area contributed by atoms with Crippen LogP contribution in [-0.2, 0) is 6.61 Å². The molecule has 0 spiro atoms. The van der Waals surface area contributed by atoms with Gasteiger partial charge in [0.05, 0.1) is 12.3 Å². The average Bonchev–Trinajstić information content (AvgIpc) is 2.73. The maximum atomic E-state index is 12.9. The molecule has 0 bridgehead atoms. The molecule has 3 rings (SSSR count). The van der Waals surface area contributed by atoms with Gasteiger partial charge in [0.2, 0.25) is 0 Å². The molecule has 0 aliphatic heterocycles. The van der Waals surface area contributed by atoms with Crippen molar-refractivity contribution in [3.63, 3.8) is 0 Å². The van der Waals surface area contributed by atoms with Gasteiger partial charge < -0.3 is 14.8 Å². The molecular weight excluding hydrogens is 394 g/mol. The Labute approximate surface area is 182 Å². The van der Waals surface area contributed by atoms with Gasteiger partial charge in [-0.05, 0) is 80.6 Å². The second kappa shape index (κ2) is 10.2. The molecule has 0 atom stereocenters. The zero-order valence-electron chi connectivity index (χ0n) is 17.8. The second-order valence-electron chi connectivity index (χ2n) is 7.02. The number of anilines is 1. The van der Waals surface area contributed by atoms with E-state index in [9.17, 15) is 4.79 Å². The molecule has 3 aromatic rings. The molecule has 0 radical (unpaired) electrons. The third-order valence-electron chi connectivity index (χ3n) is 4.57. The van der Waals surface area contributed by atoms with Crippen LogP contribution in [0.5, 0.6) is 11.5 Å². The molecule has 0 saturated heterocycles. The van der Waals surface area contributed by atoms with E-state index in [1.807, 2.05) is 75.6 Å². The monoisotopic (exact) mass is 421 g/mol. The minimum atomic E-state index is -0.160. The molecule has 30 heavy (non-hydrogen) atoms. The van der Waals surface area contributed by atoms with Crippen molar-refractivity contribution < 1.29 is 14.3 Å². The van der Waals surface area contributed by atoms with Gasteiger partial charge in [0.1, 0.15) is 18.1 Å². The molecule has 0 heterocycles. The van der Waals surface area contributed by atoms with E-state index in [4.69, 9.17) is 9.47 Å². The maximum Gasteiger partial charge on any atom is 0.255 e. The van der Waals surface area contributed by atoms with Gasteiger partial charge in [-0.3, -0.25) is 4.79 Å². The first kappa shape index (κ1) is 21.8. The molecule has 1 N–H and O–H groups in total. The molecule has 1 amide bonds. The fourth-order valence-electron chi connectivity index (χ4n) is 3.25. The van der Waals surface area contributed by atoms with Gasteiger partial charge in [-0.25, -0.2) is 0 Å². The summed E-state index contributed by atoms with van der Waals surface area (Å²) in [4.78, 5) is 13.9. The highest BCUT2D eigenvalue weighted by Crippen LogP contribution is 2.27. The van der Waals surface area contributed by atoms with E-state index in [0.29, 0.717) is 18.8 Å². The summed E-state index contributed by atoms with van der Waals surface area (Å²) in [6, 6.07) is 19.3. The maximum absolute atomic E-state index is 12.9. The number of rotatable bonds is 8. The number of aryl methyl sites for hydroxylation is 2. The predicted octanol–water partition coefficient (Wildman–Crippen LogP) is 6.26. The summed E-state index contributed by atoms with van der Waals surface area (Å²) in [6.07, 6.45) is 1.99. The molecule has 0 fully saturated rings. The lowest BCUT2D eigenvalue weighted by Gasteiger charge is -2.14. The zero-order chi connectivity index (χ0) is 21.5. The number of para-hydroxylation sites is 1. The van der Waals surface area contributed by atoms with E-state index in [-0.39, 0.29) is 5.91 Å². The first-order valence-electron chi connectivity index (χ1n) is 9.91. The lowest BCUT2D eigenvalue weighted by molar-refractivity contribution is 0.102. The van der Waals surface area contributed by atoms with Gasteiger partial charge in [-0.15, -0.1) is 11.8 Å². The SMILES string of the molecule is CCOc1ccc(C(=O)Nc2ccccc2SC)cc1COc1cc(C)cc(C)c1. The van der Waals surface area contributed by atoms with Crippen LogP contribution < -0.4 is 14.8 Å². The van der Waals surface area contributed by atoms with Crippen LogP contribution in [-0.4, -0.2) is 18.8 Å². The van der Waals surface area contributed by atoms with Gasteiger partial charge in [0.25, 0.3) is 5.91 Å². The Hall–Kier alpha value is -2.92. The number of carbonyl (C=O) groups excluding carboxylic acids is 1. The van der Waals surface area contributed by atoms with E-state index in [1.165, 1.54) is 0 Å². The topological polar surface area (TPSA) is 47.6 Å². The summed E-state index contributed by atoms with van der Waals surface area (Å²) in [7, 11) is 0. The standard InChI is InChI=1S/C25H27NO3S/c1-5-28-23-11-10-19(25(27)26-22-8-6-7-9-24(22)30-4)15-20(23)16-29-21-13-17(2)12-18(3)14-21/h6-15H,5,16H2,1-4H3,(H,26,27). The number of nitrogens with one attached hydrogen (secondary N) is 1. The number of benzene rings is 3. The van der Waals surface area contributed by atoms with Crippen LogP contribution in [0.3, 0.4) is 0 Å². The van der Waals surface area contributed by atoms with Crippen molar-refractivity contribution in [1.29, 1.82) is 0 Å². The van der Waals surface area contributed by atoms with Gasteiger partial charge in [-0.1, -0.05) is 18.2 Å². The summed E-state index contributed by atoms with van der Waals surface area (Å²) in [5.41, 5.74) is 4.50. The van der Waals surface area contributed by atoms with Crippen LogP contribution in [0.25, 0.3) is 0 Å². The molecular formula is C25H27NO3S. The molecule has 0 aliphatic rings. The second-order valence-corrected chi connectivity index (χ2v) is 7.87. The van der Waals surface area contributed by atoms with E-state index < -0.39 is 0 Å². The number of ether oxygens (including phenoxy) is 2. The Morgan fingerprint density at radius 2 is 1.70 bits per heavy atom. The van der Waals surface area contributed by atoms with Crippen LogP contribution in [0.1, 0.15) is 34.0 Å². The van der Waals surface area contributed by atoms with Crippen molar-refractivity contribution in [3.8, 4) is 11.5 Å². The lowest BCUT2D eigenvalue weighted by atomic mass is 10.1. The Balaban J connectivity index is 1.81. The van der Waals surface area contributed by atoms with E-state index >= 15 is 0 Å². The zero-order valence-corrected chi connectivity index (χ0v) is 18.6.